The van der Waals surface area contributed by atoms with Gasteiger partial charge in [0.15, 0.2) is 17.3 Å². The number of fused-ring (bicyclic) bond motifs is 1. The van der Waals surface area contributed by atoms with Crippen molar-refractivity contribution < 1.29 is 14.3 Å². The molecule has 0 saturated carbocycles. The summed E-state index contributed by atoms with van der Waals surface area (Å²) in [5, 5.41) is 9.42. The Kier molecular flexibility index (Phi) is 4.69. The molecule has 1 aliphatic rings. The molecule has 3 aromatic rings. The van der Waals surface area contributed by atoms with Crippen LogP contribution in [-0.4, -0.2) is 45.0 Å². The molecule has 8 nitrogen and oxygen atoms in total. The zero-order valence-electron chi connectivity index (χ0n) is 13.6. The predicted octanol–water partition coefficient (Wildman–Crippen LogP) is 2.37. The van der Waals surface area contributed by atoms with Crippen LogP contribution >= 0.6 is 11.8 Å². The van der Waals surface area contributed by atoms with Crippen LogP contribution in [0.3, 0.4) is 0 Å². The molecule has 2 N–H and O–H groups in total. The van der Waals surface area contributed by atoms with Gasteiger partial charge in [-0.05, 0) is 30.3 Å². The molecule has 4 rings (SSSR count). The molecule has 1 aliphatic heterocycles. The number of H-pyrrole nitrogens is 1. The first-order valence-corrected chi connectivity index (χ1v) is 8.92. The van der Waals surface area contributed by atoms with Crippen LogP contribution in [0.25, 0.3) is 11.5 Å². The number of nitrogens with one attached hydrogen (secondary N) is 2. The van der Waals surface area contributed by atoms with Gasteiger partial charge < -0.3 is 9.47 Å². The van der Waals surface area contributed by atoms with E-state index >= 15 is 0 Å². The van der Waals surface area contributed by atoms with Gasteiger partial charge in [-0.2, -0.15) is 4.98 Å². The average molecular weight is 369 g/mol. The lowest BCUT2D eigenvalue weighted by Gasteiger charge is -2.18. The number of rotatable bonds is 5. The van der Waals surface area contributed by atoms with Crippen LogP contribution in [0.5, 0.6) is 11.5 Å². The van der Waals surface area contributed by atoms with Crippen LogP contribution in [0, 0.1) is 0 Å². The molecule has 0 unspecified atom stereocenters. The van der Waals surface area contributed by atoms with E-state index in [1.807, 2.05) is 36.4 Å². The number of carbonyl (C=O) groups excluding carboxylic acids is 1. The maximum absolute atomic E-state index is 12.1. The third-order valence-electron chi connectivity index (χ3n) is 3.53. The standard InChI is InChI=1S/C17H15N5O3S/c23-15(10-26-11-4-5-13-14(9-11)25-8-7-24-13)19-17-20-16(21-22-17)12-3-1-2-6-18-12/h1-6,9H,7-8,10H2,(H2,19,20,21,22,23). The lowest BCUT2D eigenvalue weighted by atomic mass is 10.3. The molecule has 3 heterocycles. The lowest BCUT2D eigenvalue weighted by Crippen LogP contribution is -2.16. The highest BCUT2D eigenvalue weighted by molar-refractivity contribution is 8.00. The van der Waals surface area contributed by atoms with Crippen molar-refractivity contribution in [2.45, 2.75) is 4.90 Å². The Balaban J connectivity index is 1.34. The van der Waals surface area contributed by atoms with Crippen molar-refractivity contribution in [1.29, 1.82) is 0 Å². The van der Waals surface area contributed by atoms with Gasteiger partial charge in [-0.3, -0.25) is 20.2 Å². The zero-order chi connectivity index (χ0) is 17.8. The first kappa shape index (κ1) is 16.4. The zero-order valence-corrected chi connectivity index (χ0v) is 14.5. The SMILES string of the molecule is O=C(CSc1ccc2c(c1)OCCO2)Nc1n[nH]c(-c2ccccn2)n1. The Morgan fingerprint density at radius 1 is 1.19 bits per heavy atom. The summed E-state index contributed by atoms with van der Waals surface area (Å²) in [4.78, 5) is 21.5. The second-order valence-electron chi connectivity index (χ2n) is 5.36. The molecule has 1 amide bonds. The molecule has 0 radical (unpaired) electrons. The molecule has 0 spiro atoms. The number of nitrogens with zero attached hydrogens (tertiary/aromatic N) is 3. The fraction of sp³-hybridized carbons (Fsp3) is 0.176. The summed E-state index contributed by atoms with van der Waals surface area (Å²) >= 11 is 1.40. The fourth-order valence-corrected chi connectivity index (χ4v) is 3.08. The number of hydrogen-bond acceptors (Lipinski definition) is 7. The second-order valence-corrected chi connectivity index (χ2v) is 6.41. The number of benzene rings is 1. The van der Waals surface area contributed by atoms with E-state index < -0.39 is 0 Å². The average Bonchev–Trinajstić information content (AvgIpc) is 3.15. The van der Waals surface area contributed by atoms with E-state index in [9.17, 15) is 4.79 Å². The van der Waals surface area contributed by atoms with Gasteiger partial charge in [0.25, 0.3) is 0 Å². The normalized spacial score (nSPS) is 12.6. The number of thioether (sulfide) groups is 1. The minimum Gasteiger partial charge on any atom is -0.486 e. The molecule has 2 aromatic heterocycles. The number of aromatic amines is 1. The monoisotopic (exact) mass is 369 g/mol. The molecular weight excluding hydrogens is 354 g/mol. The van der Waals surface area contributed by atoms with E-state index in [4.69, 9.17) is 9.47 Å². The van der Waals surface area contributed by atoms with Gasteiger partial charge in [-0.1, -0.05) is 6.07 Å². The molecule has 26 heavy (non-hydrogen) atoms. The molecule has 0 bridgehead atoms. The highest BCUT2D eigenvalue weighted by Gasteiger charge is 2.13. The van der Waals surface area contributed by atoms with Crippen molar-refractivity contribution in [2.24, 2.45) is 0 Å². The van der Waals surface area contributed by atoms with Gasteiger partial charge in [0.2, 0.25) is 11.9 Å². The predicted molar refractivity (Wildman–Crippen MR) is 96.4 cm³/mol. The van der Waals surface area contributed by atoms with E-state index in [0.717, 1.165) is 10.6 Å². The smallest absolute Gasteiger partial charge is 0.249 e. The summed E-state index contributed by atoms with van der Waals surface area (Å²) in [7, 11) is 0. The van der Waals surface area contributed by atoms with Gasteiger partial charge in [-0.15, -0.1) is 16.9 Å². The van der Waals surface area contributed by atoms with E-state index in [1.165, 1.54) is 11.8 Å². The van der Waals surface area contributed by atoms with Crippen molar-refractivity contribution in [3.63, 3.8) is 0 Å². The van der Waals surface area contributed by atoms with Crippen molar-refractivity contribution in [3.8, 4) is 23.0 Å². The third kappa shape index (κ3) is 3.77. The van der Waals surface area contributed by atoms with Gasteiger partial charge in [-0.25, -0.2) is 0 Å². The van der Waals surface area contributed by atoms with Crippen LogP contribution in [-0.2, 0) is 4.79 Å². The first-order chi connectivity index (χ1) is 12.8. The molecule has 0 fully saturated rings. The summed E-state index contributed by atoms with van der Waals surface area (Å²) in [5.74, 6) is 2.19. The highest BCUT2D eigenvalue weighted by atomic mass is 32.2. The molecule has 1 aromatic carbocycles. The van der Waals surface area contributed by atoms with Gasteiger partial charge in [0.05, 0.1) is 5.75 Å². The van der Waals surface area contributed by atoms with Crippen molar-refractivity contribution in [2.75, 3.05) is 24.3 Å². The van der Waals surface area contributed by atoms with E-state index in [1.54, 1.807) is 6.20 Å². The van der Waals surface area contributed by atoms with Gasteiger partial charge >= 0.3 is 0 Å². The number of hydrogen-bond donors (Lipinski definition) is 2. The van der Waals surface area contributed by atoms with E-state index in [-0.39, 0.29) is 17.6 Å². The summed E-state index contributed by atoms with van der Waals surface area (Å²) in [6.45, 7) is 1.09. The molecule has 132 valence electrons. The quantitative estimate of drug-likeness (QED) is 0.666. The Hall–Kier alpha value is -3.07. The Morgan fingerprint density at radius 2 is 2.08 bits per heavy atom. The van der Waals surface area contributed by atoms with Crippen molar-refractivity contribution in [1.82, 2.24) is 20.2 Å². The van der Waals surface area contributed by atoms with Crippen LogP contribution in [0.2, 0.25) is 0 Å². The summed E-state index contributed by atoms with van der Waals surface area (Å²) in [6, 6.07) is 11.1. The number of amides is 1. The number of aromatic nitrogens is 4. The molecule has 9 heteroatoms. The van der Waals surface area contributed by atoms with Crippen molar-refractivity contribution in [3.05, 3.63) is 42.6 Å². The number of ether oxygens (including phenoxy) is 2. The van der Waals surface area contributed by atoms with Crippen molar-refractivity contribution >= 4 is 23.6 Å². The second kappa shape index (κ2) is 7.44. The summed E-state index contributed by atoms with van der Waals surface area (Å²) in [5.41, 5.74) is 0.658. The highest BCUT2D eigenvalue weighted by Crippen LogP contribution is 2.34. The molecule has 0 saturated heterocycles. The van der Waals surface area contributed by atoms with Gasteiger partial charge in [0, 0.05) is 11.1 Å². The number of anilines is 1. The fourth-order valence-electron chi connectivity index (χ4n) is 2.36. The number of carbonyl (C=O) groups is 1. The maximum atomic E-state index is 12.1. The lowest BCUT2D eigenvalue weighted by molar-refractivity contribution is -0.113. The maximum Gasteiger partial charge on any atom is 0.249 e. The minimum absolute atomic E-state index is 0.198. The van der Waals surface area contributed by atoms with E-state index in [2.05, 4.69) is 25.5 Å². The van der Waals surface area contributed by atoms with Gasteiger partial charge in [0.1, 0.15) is 18.9 Å². The minimum atomic E-state index is -0.198. The Morgan fingerprint density at radius 3 is 2.92 bits per heavy atom. The Bertz CT molecular complexity index is 916. The number of pyridine rings is 1. The largest absolute Gasteiger partial charge is 0.486 e. The summed E-state index contributed by atoms with van der Waals surface area (Å²) < 4.78 is 11.0. The topological polar surface area (TPSA) is 102 Å². The Labute approximate surface area is 153 Å². The van der Waals surface area contributed by atoms with Crippen LogP contribution < -0.4 is 14.8 Å². The van der Waals surface area contributed by atoms with Crippen LogP contribution in [0.15, 0.2) is 47.5 Å². The third-order valence-corrected chi connectivity index (χ3v) is 4.52. The van der Waals surface area contributed by atoms with Crippen LogP contribution in [0.1, 0.15) is 0 Å². The van der Waals surface area contributed by atoms with Crippen LogP contribution in [0.4, 0.5) is 5.95 Å². The molecular formula is C17H15N5O3S. The van der Waals surface area contributed by atoms with E-state index in [0.29, 0.717) is 30.5 Å². The summed E-state index contributed by atoms with van der Waals surface area (Å²) in [6.07, 6.45) is 1.67. The molecule has 0 atom stereocenters. The molecule has 0 aliphatic carbocycles. The first-order valence-electron chi connectivity index (χ1n) is 7.94.